The van der Waals surface area contributed by atoms with Crippen LogP contribution in [-0.2, 0) is 0 Å². The number of hydrogen-bond acceptors (Lipinski definition) is 1. The fourth-order valence-electron chi connectivity index (χ4n) is 0.164. The monoisotopic (exact) mass is 108 g/mol. The third-order valence-electron chi connectivity index (χ3n) is 0.387. The molecule has 0 aliphatic carbocycles. The van der Waals surface area contributed by atoms with Crippen LogP contribution in [0, 0.1) is 0 Å². The van der Waals surface area contributed by atoms with E-state index < -0.39 is 6.43 Å². The molecule has 0 aromatic heterocycles. The van der Waals surface area contributed by atoms with Gasteiger partial charge in [0, 0.05) is 0 Å². The van der Waals surface area contributed by atoms with Crippen LogP contribution in [0.15, 0.2) is 12.2 Å². The smallest absolute Gasteiger partial charge is 0.257 e. The lowest BCUT2D eigenvalue weighted by Crippen LogP contribution is -1.81. The summed E-state index contributed by atoms with van der Waals surface area (Å²) >= 11 is 0. The van der Waals surface area contributed by atoms with Crippen molar-refractivity contribution in [1.82, 2.24) is 0 Å². The lowest BCUT2D eigenvalue weighted by molar-refractivity contribution is 0.202. The van der Waals surface area contributed by atoms with E-state index in [-0.39, 0.29) is 6.61 Å². The number of aliphatic hydroxyl groups is 1. The first kappa shape index (κ1) is 6.56. The van der Waals surface area contributed by atoms with E-state index in [2.05, 4.69) is 0 Å². The molecule has 0 radical (unpaired) electrons. The number of rotatable bonds is 2. The van der Waals surface area contributed by atoms with Crippen molar-refractivity contribution in [2.45, 2.75) is 6.43 Å². The van der Waals surface area contributed by atoms with Gasteiger partial charge in [-0.05, 0) is 6.08 Å². The summed E-state index contributed by atoms with van der Waals surface area (Å²) in [7, 11) is 0. The number of halogens is 2. The van der Waals surface area contributed by atoms with E-state index in [0.717, 1.165) is 6.08 Å². The molecule has 0 unspecified atom stereocenters. The summed E-state index contributed by atoms with van der Waals surface area (Å²) in [5, 5.41) is 7.90. The van der Waals surface area contributed by atoms with Gasteiger partial charge >= 0.3 is 0 Å². The van der Waals surface area contributed by atoms with E-state index in [1.54, 1.807) is 0 Å². The maximum Gasteiger partial charge on any atom is 0.257 e. The van der Waals surface area contributed by atoms with Gasteiger partial charge in [-0.2, -0.15) is 0 Å². The van der Waals surface area contributed by atoms with Crippen LogP contribution in [0.3, 0.4) is 0 Å². The normalized spacial score (nSPS) is 11.4. The molecule has 0 saturated carbocycles. The molecule has 0 heterocycles. The summed E-state index contributed by atoms with van der Waals surface area (Å²) in [4.78, 5) is 0. The van der Waals surface area contributed by atoms with Crippen molar-refractivity contribution in [3.8, 4) is 0 Å². The van der Waals surface area contributed by atoms with Crippen molar-refractivity contribution in [2.24, 2.45) is 0 Å². The standard InChI is InChI=1S/C4H6F2O/c5-4(6)2-1-3-7/h1-2,4,7H,3H2. The Kier molecular flexibility index (Phi) is 3.50. The molecule has 1 N–H and O–H groups in total. The zero-order chi connectivity index (χ0) is 5.70. The van der Waals surface area contributed by atoms with Gasteiger partial charge < -0.3 is 5.11 Å². The van der Waals surface area contributed by atoms with Crippen LogP contribution in [0.5, 0.6) is 0 Å². The summed E-state index contributed by atoms with van der Waals surface area (Å²) in [6.45, 7) is -0.315. The van der Waals surface area contributed by atoms with Crippen LogP contribution in [0.2, 0.25) is 0 Å². The van der Waals surface area contributed by atoms with Crippen molar-refractivity contribution in [1.29, 1.82) is 0 Å². The van der Waals surface area contributed by atoms with Crippen LogP contribution in [0.1, 0.15) is 0 Å². The number of hydrogen-bond donors (Lipinski definition) is 1. The zero-order valence-electron chi connectivity index (χ0n) is 3.64. The van der Waals surface area contributed by atoms with Gasteiger partial charge in [0.2, 0.25) is 0 Å². The predicted octanol–water partition coefficient (Wildman–Crippen LogP) is 0.800. The van der Waals surface area contributed by atoms with Gasteiger partial charge in [-0.25, -0.2) is 8.78 Å². The van der Waals surface area contributed by atoms with Crippen molar-refractivity contribution < 1.29 is 13.9 Å². The van der Waals surface area contributed by atoms with Crippen molar-refractivity contribution in [3.63, 3.8) is 0 Å². The molecule has 0 aliphatic rings. The van der Waals surface area contributed by atoms with Crippen LogP contribution in [-0.4, -0.2) is 18.1 Å². The van der Waals surface area contributed by atoms with Gasteiger partial charge in [0.1, 0.15) is 0 Å². The SMILES string of the molecule is OCC=CC(F)F. The molecule has 0 aliphatic heterocycles. The highest BCUT2D eigenvalue weighted by Crippen LogP contribution is 1.91. The summed E-state index contributed by atoms with van der Waals surface area (Å²) in [5.41, 5.74) is 0. The average molecular weight is 108 g/mol. The van der Waals surface area contributed by atoms with Crippen molar-refractivity contribution >= 4 is 0 Å². The summed E-state index contributed by atoms with van der Waals surface area (Å²) < 4.78 is 22.0. The molecule has 0 fully saturated rings. The second-order valence-corrected chi connectivity index (χ2v) is 0.945. The van der Waals surface area contributed by atoms with Crippen LogP contribution < -0.4 is 0 Å². The van der Waals surface area contributed by atoms with Gasteiger partial charge in [0.05, 0.1) is 6.61 Å². The Morgan fingerprint density at radius 2 is 2.14 bits per heavy atom. The Labute approximate surface area is 40.3 Å². The Morgan fingerprint density at radius 1 is 1.57 bits per heavy atom. The molecule has 0 aromatic carbocycles. The number of aliphatic hydroxyl groups excluding tert-OH is 1. The molecular weight excluding hydrogens is 102 g/mol. The lowest BCUT2D eigenvalue weighted by atomic mass is 10.5. The molecule has 0 aromatic rings. The van der Waals surface area contributed by atoms with E-state index in [1.165, 1.54) is 0 Å². The van der Waals surface area contributed by atoms with Gasteiger partial charge in [0.15, 0.2) is 0 Å². The molecule has 0 atom stereocenters. The van der Waals surface area contributed by atoms with Gasteiger partial charge in [-0.3, -0.25) is 0 Å². The minimum atomic E-state index is -2.44. The van der Waals surface area contributed by atoms with Gasteiger partial charge in [0.25, 0.3) is 6.43 Å². The molecular formula is C4H6F2O. The Hall–Kier alpha value is -0.440. The third-order valence-corrected chi connectivity index (χ3v) is 0.387. The fraction of sp³-hybridized carbons (Fsp3) is 0.500. The van der Waals surface area contributed by atoms with E-state index in [0.29, 0.717) is 6.08 Å². The topological polar surface area (TPSA) is 20.2 Å². The van der Waals surface area contributed by atoms with E-state index in [9.17, 15) is 8.78 Å². The lowest BCUT2D eigenvalue weighted by Gasteiger charge is -1.81. The van der Waals surface area contributed by atoms with E-state index >= 15 is 0 Å². The minimum absolute atomic E-state index is 0.315. The first-order valence-electron chi connectivity index (χ1n) is 1.83. The molecule has 0 rings (SSSR count). The quantitative estimate of drug-likeness (QED) is 0.519. The average Bonchev–Trinajstić information content (AvgIpc) is 1.61. The number of allylic oxidation sites excluding steroid dienone is 1. The van der Waals surface area contributed by atoms with Crippen molar-refractivity contribution in [3.05, 3.63) is 12.2 Å². The van der Waals surface area contributed by atoms with Crippen molar-refractivity contribution in [2.75, 3.05) is 6.61 Å². The molecule has 0 spiro atoms. The zero-order valence-corrected chi connectivity index (χ0v) is 3.64. The maximum atomic E-state index is 11.0. The highest BCUT2D eigenvalue weighted by molar-refractivity contribution is 4.82. The Morgan fingerprint density at radius 3 is 2.29 bits per heavy atom. The Bertz CT molecular complexity index is 60.7. The number of alkyl halides is 2. The largest absolute Gasteiger partial charge is 0.392 e. The molecule has 0 amide bonds. The fourth-order valence-corrected chi connectivity index (χ4v) is 0.164. The highest BCUT2D eigenvalue weighted by atomic mass is 19.3. The summed E-state index contributed by atoms with van der Waals surface area (Å²) in [6, 6.07) is 0. The first-order valence-corrected chi connectivity index (χ1v) is 1.83. The van der Waals surface area contributed by atoms with Crippen LogP contribution in [0.25, 0.3) is 0 Å². The Balaban J connectivity index is 3.08. The highest BCUT2D eigenvalue weighted by Gasteiger charge is 1.89. The third kappa shape index (κ3) is 5.56. The predicted molar refractivity (Wildman–Crippen MR) is 22.2 cm³/mol. The van der Waals surface area contributed by atoms with E-state index in [1.807, 2.05) is 0 Å². The second-order valence-electron chi connectivity index (χ2n) is 0.945. The molecule has 3 heteroatoms. The molecule has 0 bridgehead atoms. The summed E-state index contributed by atoms with van der Waals surface area (Å²) in [5.74, 6) is 0. The molecule has 0 saturated heterocycles. The maximum absolute atomic E-state index is 11.0. The van der Waals surface area contributed by atoms with Gasteiger partial charge in [-0.1, -0.05) is 6.08 Å². The van der Waals surface area contributed by atoms with Gasteiger partial charge in [-0.15, -0.1) is 0 Å². The molecule has 42 valence electrons. The minimum Gasteiger partial charge on any atom is -0.392 e. The molecule has 7 heavy (non-hydrogen) atoms. The first-order chi connectivity index (χ1) is 3.27. The van der Waals surface area contributed by atoms with Crippen LogP contribution >= 0.6 is 0 Å². The molecule has 1 nitrogen and oxygen atoms in total. The van der Waals surface area contributed by atoms with Crippen LogP contribution in [0.4, 0.5) is 8.78 Å². The summed E-state index contributed by atoms with van der Waals surface area (Å²) in [6.07, 6.45) is -0.794. The second kappa shape index (κ2) is 3.74. The van der Waals surface area contributed by atoms with E-state index in [4.69, 9.17) is 5.11 Å².